The van der Waals surface area contributed by atoms with Gasteiger partial charge in [-0.05, 0) is 12.8 Å². The van der Waals surface area contributed by atoms with Gasteiger partial charge in [-0.2, -0.15) is 18.3 Å². The van der Waals surface area contributed by atoms with Crippen molar-refractivity contribution in [3.63, 3.8) is 0 Å². The van der Waals surface area contributed by atoms with Gasteiger partial charge in [0, 0.05) is 13.1 Å². The molecular weight excluding hydrogens is 207 g/mol. The second kappa shape index (κ2) is 2.90. The Morgan fingerprint density at radius 1 is 1.47 bits per heavy atom. The van der Waals surface area contributed by atoms with Crippen molar-refractivity contribution in [2.45, 2.75) is 30.9 Å². The van der Waals surface area contributed by atoms with Crippen LogP contribution in [0.2, 0.25) is 0 Å². The monoisotopic (exact) mass is 219 g/mol. The zero-order chi connectivity index (χ0) is 11.3. The molecule has 1 heterocycles. The summed E-state index contributed by atoms with van der Waals surface area (Å²) in [6.07, 6.45) is -3.40. The van der Waals surface area contributed by atoms with Crippen LogP contribution in [0.5, 0.6) is 0 Å². The molecule has 2 rings (SSSR count). The first kappa shape index (κ1) is 10.3. The molecule has 1 aliphatic carbocycles. The summed E-state index contributed by atoms with van der Waals surface area (Å²) in [5.41, 5.74) is 3.80. The fourth-order valence-electron chi connectivity index (χ4n) is 1.93. The van der Waals surface area contributed by atoms with Gasteiger partial charge >= 0.3 is 6.18 Å². The molecule has 3 nitrogen and oxygen atoms in total. The normalized spacial score (nSPS) is 20.0. The summed E-state index contributed by atoms with van der Waals surface area (Å²) >= 11 is 0. The van der Waals surface area contributed by atoms with Crippen LogP contribution in [0, 0.1) is 0 Å². The summed E-state index contributed by atoms with van der Waals surface area (Å²) in [6.45, 7) is 0. The van der Waals surface area contributed by atoms with Gasteiger partial charge in [-0.1, -0.05) is 6.42 Å². The summed E-state index contributed by atoms with van der Waals surface area (Å²) in [5.74, 6) is 0.264. The molecule has 1 aliphatic rings. The van der Waals surface area contributed by atoms with Crippen molar-refractivity contribution in [2.75, 3.05) is 5.73 Å². The molecule has 0 amide bonds. The zero-order valence-corrected chi connectivity index (χ0v) is 8.30. The molecule has 6 heteroatoms. The van der Waals surface area contributed by atoms with Gasteiger partial charge in [0.2, 0.25) is 0 Å². The predicted octanol–water partition coefficient (Wildman–Crippen LogP) is 1.99. The summed E-state index contributed by atoms with van der Waals surface area (Å²) < 4.78 is 40.0. The summed E-state index contributed by atoms with van der Waals surface area (Å²) in [7, 11) is 1.54. The lowest BCUT2D eigenvalue weighted by atomic mass is 9.66. The highest BCUT2D eigenvalue weighted by Crippen LogP contribution is 2.54. The van der Waals surface area contributed by atoms with Crippen molar-refractivity contribution in [3.05, 3.63) is 11.8 Å². The summed E-state index contributed by atoms with van der Waals surface area (Å²) in [5, 5.41) is 3.84. The van der Waals surface area contributed by atoms with E-state index in [4.69, 9.17) is 5.73 Å². The van der Waals surface area contributed by atoms with E-state index < -0.39 is 11.6 Å². The first-order valence-electron chi connectivity index (χ1n) is 4.73. The van der Waals surface area contributed by atoms with Gasteiger partial charge in [0.15, 0.2) is 0 Å². The van der Waals surface area contributed by atoms with Crippen molar-refractivity contribution in [3.8, 4) is 0 Å². The number of anilines is 1. The van der Waals surface area contributed by atoms with Gasteiger partial charge in [0.1, 0.15) is 11.2 Å². The topological polar surface area (TPSA) is 43.8 Å². The maximum absolute atomic E-state index is 12.9. The van der Waals surface area contributed by atoms with Crippen LogP contribution in [0.1, 0.15) is 25.0 Å². The molecule has 0 spiro atoms. The smallest absolute Gasteiger partial charge is 0.384 e. The minimum Gasteiger partial charge on any atom is -0.384 e. The highest BCUT2D eigenvalue weighted by atomic mass is 19.4. The fraction of sp³-hybridized carbons (Fsp3) is 0.667. The number of nitrogen functional groups attached to an aromatic ring is 1. The number of hydrogen-bond donors (Lipinski definition) is 1. The molecule has 1 saturated carbocycles. The van der Waals surface area contributed by atoms with Crippen molar-refractivity contribution >= 4 is 5.82 Å². The number of alkyl halides is 3. The maximum atomic E-state index is 12.9. The number of halogens is 3. The Morgan fingerprint density at radius 3 is 2.33 bits per heavy atom. The van der Waals surface area contributed by atoms with Gasteiger partial charge in [-0.25, -0.2) is 0 Å². The van der Waals surface area contributed by atoms with Crippen molar-refractivity contribution in [1.82, 2.24) is 9.78 Å². The first-order chi connectivity index (χ1) is 6.87. The fourth-order valence-corrected chi connectivity index (χ4v) is 1.93. The lowest BCUT2D eigenvalue weighted by molar-refractivity contribution is -0.214. The minimum absolute atomic E-state index is 0.0567. The molecule has 2 N–H and O–H groups in total. The number of hydrogen-bond acceptors (Lipinski definition) is 2. The molecule has 0 unspecified atom stereocenters. The van der Waals surface area contributed by atoms with Crippen molar-refractivity contribution in [2.24, 2.45) is 7.05 Å². The van der Waals surface area contributed by atoms with E-state index >= 15 is 0 Å². The Hall–Kier alpha value is -1.20. The Bertz CT molecular complexity index is 357. The van der Waals surface area contributed by atoms with Gasteiger partial charge in [-0.3, -0.25) is 4.68 Å². The minimum atomic E-state index is -4.23. The lowest BCUT2D eigenvalue weighted by Crippen LogP contribution is -2.48. The molecule has 15 heavy (non-hydrogen) atoms. The SMILES string of the molecule is Cn1nc(C2(C(F)(F)F)CCC2)cc1N. The molecule has 0 bridgehead atoms. The molecule has 1 aromatic heterocycles. The third-order valence-electron chi connectivity index (χ3n) is 3.16. The molecule has 0 saturated heterocycles. The van der Waals surface area contributed by atoms with Crippen molar-refractivity contribution in [1.29, 1.82) is 0 Å². The van der Waals surface area contributed by atoms with Crippen molar-refractivity contribution < 1.29 is 13.2 Å². The van der Waals surface area contributed by atoms with E-state index in [1.807, 2.05) is 0 Å². The third-order valence-corrected chi connectivity index (χ3v) is 3.16. The molecule has 0 radical (unpaired) electrons. The van der Waals surface area contributed by atoms with E-state index in [0.29, 0.717) is 6.42 Å². The van der Waals surface area contributed by atoms with Crippen LogP contribution in [-0.2, 0) is 12.5 Å². The van der Waals surface area contributed by atoms with E-state index in [-0.39, 0.29) is 24.4 Å². The average Bonchev–Trinajstić information content (AvgIpc) is 2.25. The van der Waals surface area contributed by atoms with Crippen LogP contribution in [0.25, 0.3) is 0 Å². The molecule has 1 aromatic rings. The zero-order valence-electron chi connectivity index (χ0n) is 8.30. The largest absolute Gasteiger partial charge is 0.400 e. The molecule has 0 atom stereocenters. The number of aryl methyl sites for hydroxylation is 1. The molecule has 0 aliphatic heterocycles. The van der Waals surface area contributed by atoms with Crippen LogP contribution in [0.3, 0.4) is 0 Å². The lowest BCUT2D eigenvalue weighted by Gasteiger charge is -2.41. The van der Waals surface area contributed by atoms with E-state index in [1.54, 1.807) is 7.05 Å². The Balaban J connectivity index is 2.43. The first-order valence-corrected chi connectivity index (χ1v) is 4.73. The molecule has 0 aromatic carbocycles. The van der Waals surface area contributed by atoms with Gasteiger partial charge in [0.05, 0.1) is 5.69 Å². The van der Waals surface area contributed by atoms with E-state index in [0.717, 1.165) is 0 Å². The Kier molecular flexibility index (Phi) is 1.99. The maximum Gasteiger partial charge on any atom is 0.400 e. The number of rotatable bonds is 1. The molecule has 1 fully saturated rings. The number of nitrogens with zero attached hydrogens (tertiary/aromatic N) is 2. The Morgan fingerprint density at radius 2 is 2.07 bits per heavy atom. The standard InChI is InChI=1S/C9H12F3N3/c1-15-7(13)5-6(14-15)8(3-2-4-8)9(10,11)12/h5H,2-4,13H2,1H3. The van der Waals surface area contributed by atoms with E-state index in [2.05, 4.69) is 5.10 Å². The van der Waals surface area contributed by atoms with Crippen LogP contribution >= 0.6 is 0 Å². The van der Waals surface area contributed by atoms with Gasteiger partial charge < -0.3 is 5.73 Å². The number of nitrogens with two attached hydrogens (primary N) is 1. The van der Waals surface area contributed by atoms with Crippen LogP contribution in [0.15, 0.2) is 6.07 Å². The van der Waals surface area contributed by atoms with Crippen LogP contribution < -0.4 is 5.73 Å². The number of aromatic nitrogens is 2. The second-order valence-corrected chi connectivity index (χ2v) is 4.01. The average molecular weight is 219 g/mol. The van der Waals surface area contributed by atoms with E-state index in [1.165, 1.54) is 10.7 Å². The highest BCUT2D eigenvalue weighted by Gasteiger charge is 2.60. The highest BCUT2D eigenvalue weighted by molar-refractivity contribution is 5.36. The predicted molar refractivity (Wildman–Crippen MR) is 49.2 cm³/mol. The summed E-state index contributed by atoms with van der Waals surface area (Å²) in [6, 6.07) is 1.33. The quantitative estimate of drug-likeness (QED) is 0.784. The molecular formula is C9H12F3N3. The van der Waals surface area contributed by atoms with Gasteiger partial charge in [-0.15, -0.1) is 0 Å². The summed E-state index contributed by atoms with van der Waals surface area (Å²) in [4.78, 5) is 0. The van der Waals surface area contributed by atoms with E-state index in [9.17, 15) is 13.2 Å². The van der Waals surface area contributed by atoms with Gasteiger partial charge in [0.25, 0.3) is 0 Å². The third kappa shape index (κ3) is 1.31. The van der Waals surface area contributed by atoms with Crippen LogP contribution in [0.4, 0.5) is 19.0 Å². The van der Waals surface area contributed by atoms with Crippen LogP contribution in [-0.4, -0.2) is 16.0 Å². The second-order valence-electron chi connectivity index (χ2n) is 4.01. The Labute approximate surface area is 85.1 Å². The molecule has 84 valence electrons.